The van der Waals surface area contributed by atoms with Crippen LogP contribution in [-0.4, -0.2) is 37.0 Å². The molecule has 8 heteroatoms. The molecule has 1 heterocycles. The van der Waals surface area contributed by atoms with Gasteiger partial charge in [-0.25, -0.2) is 0 Å². The number of piperazine rings is 1. The zero-order chi connectivity index (χ0) is 28.1. The fourth-order valence-corrected chi connectivity index (χ4v) is 4.97. The van der Waals surface area contributed by atoms with Crippen LogP contribution in [0.25, 0.3) is 11.1 Å². The fourth-order valence-electron chi connectivity index (χ4n) is 4.97. The Morgan fingerprint density at radius 1 is 0.800 bits per heavy atom. The van der Waals surface area contributed by atoms with Crippen LogP contribution < -0.4 is 10.2 Å². The van der Waals surface area contributed by atoms with Crippen molar-refractivity contribution in [3.05, 3.63) is 120 Å². The van der Waals surface area contributed by atoms with Crippen LogP contribution in [0, 0.1) is 11.3 Å². The third-order valence-corrected chi connectivity index (χ3v) is 7.10. The monoisotopic (exact) mass is 540 g/mol. The number of halogens is 3. The van der Waals surface area contributed by atoms with Crippen LogP contribution in [0.4, 0.5) is 24.5 Å². The van der Waals surface area contributed by atoms with Crippen molar-refractivity contribution in [3.8, 4) is 17.2 Å². The van der Waals surface area contributed by atoms with Crippen LogP contribution in [0.15, 0.2) is 103 Å². The molecule has 5 rings (SSSR count). The maximum atomic E-state index is 13.1. The third-order valence-electron chi connectivity index (χ3n) is 7.10. The molecule has 5 nitrogen and oxygen atoms in total. The Labute approximate surface area is 231 Å². The second kappa shape index (κ2) is 11.6. The van der Waals surface area contributed by atoms with E-state index in [2.05, 4.69) is 21.2 Å². The molecule has 1 fully saturated rings. The number of nitriles is 1. The van der Waals surface area contributed by atoms with Gasteiger partial charge < -0.3 is 10.2 Å². The lowest BCUT2D eigenvalue weighted by Crippen LogP contribution is -2.47. The van der Waals surface area contributed by atoms with Gasteiger partial charge >= 0.3 is 6.18 Å². The Kier molecular flexibility index (Phi) is 7.85. The Balaban J connectivity index is 1.23. The van der Waals surface area contributed by atoms with Crippen molar-refractivity contribution in [2.75, 3.05) is 36.4 Å². The molecule has 0 spiro atoms. The highest BCUT2D eigenvalue weighted by molar-refractivity contribution is 6.08. The first-order valence-corrected chi connectivity index (χ1v) is 12.9. The second-order valence-corrected chi connectivity index (χ2v) is 9.59. The van der Waals surface area contributed by atoms with Crippen LogP contribution in [-0.2, 0) is 6.18 Å². The second-order valence-electron chi connectivity index (χ2n) is 9.59. The lowest BCUT2D eigenvalue weighted by Gasteiger charge is -2.38. The number of carbonyl (C=O) groups is 1. The molecular formula is C32H27F3N4O. The van der Waals surface area contributed by atoms with Crippen molar-refractivity contribution in [1.29, 1.82) is 5.26 Å². The van der Waals surface area contributed by atoms with Crippen LogP contribution in [0.3, 0.4) is 0 Å². The highest BCUT2D eigenvalue weighted by atomic mass is 19.4. The van der Waals surface area contributed by atoms with Crippen molar-refractivity contribution >= 4 is 17.3 Å². The number of amides is 1. The summed E-state index contributed by atoms with van der Waals surface area (Å²) in [4.78, 5) is 17.6. The zero-order valence-corrected chi connectivity index (χ0v) is 21.6. The number of carbonyl (C=O) groups excluding carboxylic acids is 1. The molecule has 0 saturated carbocycles. The number of hydrogen-bond acceptors (Lipinski definition) is 4. The highest BCUT2D eigenvalue weighted by Crippen LogP contribution is 2.32. The van der Waals surface area contributed by atoms with Crippen LogP contribution in [0.1, 0.15) is 27.5 Å². The standard InChI is InChI=1S/C32H27F3N4O/c33-32(34,35)25-12-10-23(11-13-25)28-8-4-5-9-29(28)31(40)37-26-14-16-27(17-15-26)38-18-20-39(21-19-38)30(22-36)24-6-2-1-3-7-24/h1-17,30H,18-21H2,(H,37,40). The number of benzene rings is 4. The number of hydrogen-bond donors (Lipinski definition) is 1. The van der Waals surface area contributed by atoms with E-state index >= 15 is 0 Å². The molecule has 0 aromatic heterocycles. The first kappa shape index (κ1) is 27.0. The Hall–Kier alpha value is -4.61. The average Bonchev–Trinajstić information content (AvgIpc) is 2.98. The Bertz CT molecular complexity index is 1490. The van der Waals surface area contributed by atoms with Gasteiger partial charge in [-0.05, 0) is 59.2 Å². The average molecular weight is 541 g/mol. The van der Waals surface area contributed by atoms with Gasteiger partial charge in [0.1, 0.15) is 6.04 Å². The van der Waals surface area contributed by atoms with Crippen molar-refractivity contribution < 1.29 is 18.0 Å². The summed E-state index contributed by atoms with van der Waals surface area (Å²) in [5.41, 5.74) is 3.35. The number of rotatable bonds is 6. The summed E-state index contributed by atoms with van der Waals surface area (Å²) in [5, 5.41) is 12.6. The van der Waals surface area contributed by atoms with Crippen LogP contribution in [0.2, 0.25) is 0 Å². The minimum atomic E-state index is -4.42. The SMILES string of the molecule is N#CC(c1ccccc1)N1CCN(c2ccc(NC(=O)c3ccccc3-c3ccc(C(F)(F)F)cc3)cc2)CC1. The van der Waals surface area contributed by atoms with Gasteiger partial charge in [-0.15, -0.1) is 0 Å². The van der Waals surface area contributed by atoms with E-state index in [-0.39, 0.29) is 11.9 Å². The molecule has 4 aromatic carbocycles. The van der Waals surface area contributed by atoms with Crippen molar-refractivity contribution in [3.63, 3.8) is 0 Å². The molecule has 1 N–H and O–H groups in total. The molecule has 1 amide bonds. The number of nitrogens with one attached hydrogen (secondary N) is 1. The van der Waals surface area contributed by atoms with E-state index in [9.17, 15) is 23.2 Å². The van der Waals surface area contributed by atoms with Gasteiger partial charge in [0.15, 0.2) is 0 Å². The van der Waals surface area contributed by atoms with E-state index in [1.54, 1.807) is 24.3 Å². The van der Waals surface area contributed by atoms with Crippen LogP contribution >= 0.6 is 0 Å². The molecule has 4 aromatic rings. The quantitative estimate of drug-likeness (QED) is 0.286. The molecule has 1 atom stereocenters. The summed E-state index contributed by atoms with van der Waals surface area (Å²) >= 11 is 0. The van der Waals surface area contributed by atoms with E-state index < -0.39 is 11.7 Å². The summed E-state index contributed by atoms with van der Waals surface area (Å²) in [6.07, 6.45) is -4.42. The molecule has 1 saturated heterocycles. The molecular weight excluding hydrogens is 513 g/mol. The maximum absolute atomic E-state index is 13.1. The van der Waals surface area contributed by atoms with Gasteiger partial charge in [0.05, 0.1) is 11.6 Å². The first-order chi connectivity index (χ1) is 19.3. The largest absolute Gasteiger partial charge is 0.416 e. The number of alkyl halides is 3. The number of nitrogens with zero attached hydrogens (tertiary/aromatic N) is 3. The van der Waals surface area contributed by atoms with E-state index in [4.69, 9.17) is 0 Å². The van der Waals surface area contributed by atoms with Gasteiger partial charge in [0, 0.05) is 43.1 Å². The summed E-state index contributed by atoms with van der Waals surface area (Å²) in [7, 11) is 0. The van der Waals surface area contributed by atoms with E-state index in [1.807, 2.05) is 54.6 Å². The van der Waals surface area contributed by atoms with Crippen molar-refractivity contribution in [2.24, 2.45) is 0 Å². The predicted molar refractivity (Wildman–Crippen MR) is 150 cm³/mol. The van der Waals surface area contributed by atoms with Gasteiger partial charge in [0.2, 0.25) is 0 Å². The van der Waals surface area contributed by atoms with E-state index in [0.717, 1.165) is 49.6 Å². The molecule has 40 heavy (non-hydrogen) atoms. The van der Waals surface area contributed by atoms with Gasteiger partial charge in [-0.3, -0.25) is 9.69 Å². The normalized spacial score (nSPS) is 14.8. The van der Waals surface area contributed by atoms with E-state index in [1.165, 1.54) is 12.1 Å². The smallest absolute Gasteiger partial charge is 0.369 e. The molecule has 0 radical (unpaired) electrons. The van der Waals surface area contributed by atoms with Crippen LogP contribution in [0.5, 0.6) is 0 Å². The predicted octanol–water partition coefficient (Wildman–Crippen LogP) is 7.01. The zero-order valence-electron chi connectivity index (χ0n) is 21.6. The summed E-state index contributed by atoms with van der Waals surface area (Å²) in [6.45, 7) is 3.06. The summed E-state index contributed by atoms with van der Waals surface area (Å²) in [6, 6.07) is 31.2. The lowest BCUT2D eigenvalue weighted by molar-refractivity contribution is -0.137. The Morgan fingerprint density at radius 3 is 2.05 bits per heavy atom. The lowest BCUT2D eigenvalue weighted by atomic mass is 9.98. The molecule has 202 valence electrons. The molecule has 1 aliphatic rings. The minimum Gasteiger partial charge on any atom is -0.369 e. The topological polar surface area (TPSA) is 59.4 Å². The third kappa shape index (κ3) is 6.00. The van der Waals surface area contributed by atoms with Crippen molar-refractivity contribution in [1.82, 2.24) is 4.90 Å². The first-order valence-electron chi connectivity index (χ1n) is 12.9. The molecule has 1 aliphatic heterocycles. The van der Waals surface area contributed by atoms with Gasteiger partial charge in [-0.2, -0.15) is 18.4 Å². The fraction of sp³-hybridized carbons (Fsp3) is 0.188. The van der Waals surface area contributed by atoms with Crippen molar-refractivity contribution in [2.45, 2.75) is 12.2 Å². The highest BCUT2D eigenvalue weighted by Gasteiger charge is 2.30. The van der Waals surface area contributed by atoms with Gasteiger partial charge in [-0.1, -0.05) is 60.7 Å². The summed E-state index contributed by atoms with van der Waals surface area (Å²) in [5.74, 6) is -0.347. The maximum Gasteiger partial charge on any atom is 0.416 e. The van der Waals surface area contributed by atoms with Gasteiger partial charge in [0.25, 0.3) is 5.91 Å². The molecule has 0 bridgehead atoms. The Morgan fingerprint density at radius 2 is 1.43 bits per heavy atom. The summed E-state index contributed by atoms with van der Waals surface area (Å²) < 4.78 is 38.9. The minimum absolute atomic E-state index is 0.272. The molecule has 0 aliphatic carbocycles. The molecule has 1 unspecified atom stereocenters. The van der Waals surface area contributed by atoms with E-state index in [0.29, 0.717) is 22.4 Å². The number of anilines is 2.